The molecule has 4 heteroatoms. The monoisotopic (exact) mass is 440 g/mol. The highest BCUT2D eigenvalue weighted by Crippen LogP contribution is 2.50. The van der Waals surface area contributed by atoms with Crippen LogP contribution in [0.3, 0.4) is 0 Å². The number of para-hydroxylation sites is 2. The third-order valence-corrected chi connectivity index (χ3v) is 6.84. The molecule has 0 amide bonds. The third-order valence-electron chi connectivity index (χ3n) is 6.84. The van der Waals surface area contributed by atoms with Crippen molar-refractivity contribution in [2.24, 2.45) is 0 Å². The maximum absolute atomic E-state index is 9.46. The molecule has 0 aliphatic heterocycles. The Morgan fingerprint density at radius 3 is 1.47 bits per heavy atom. The van der Waals surface area contributed by atoms with Gasteiger partial charge in [-0.05, 0) is 37.8 Å². The lowest BCUT2D eigenvalue weighted by atomic mass is 9.66. The average molecular weight is 441 g/mol. The van der Waals surface area contributed by atoms with E-state index in [9.17, 15) is 10.2 Å². The van der Waals surface area contributed by atoms with E-state index in [1.807, 2.05) is 0 Å². The topological polar surface area (TPSA) is 58.9 Å². The van der Waals surface area contributed by atoms with E-state index in [0.29, 0.717) is 0 Å². The standard InChI is InChI=1S/C28H40O4/c1-22-12-10-14-24(26(22)31-20-18-29)28(16-8-6-4-3-5-7-9-17-28)25-15-11-13-23(2)27(25)32-21-19-30/h10-15,29-30H,3-9,16-21H2,1-2H3. The summed E-state index contributed by atoms with van der Waals surface area (Å²) >= 11 is 0. The molecule has 0 unspecified atom stereocenters. The van der Waals surface area contributed by atoms with Crippen molar-refractivity contribution in [3.05, 3.63) is 58.7 Å². The first-order valence-corrected chi connectivity index (χ1v) is 12.3. The van der Waals surface area contributed by atoms with Crippen molar-refractivity contribution in [1.29, 1.82) is 0 Å². The molecule has 1 aliphatic rings. The van der Waals surface area contributed by atoms with Crippen molar-refractivity contribution < 1.29 is 19.7 Å². The van der Waals surface area contributed by atoms with Crippen LogP contribution >= 0.6 is 0 Å². The third kappa shape index (κ3) is 5.65. The fourth-order valence-electron chi connectivity index (χ4n) is 5.28. The lowest BCUT2D eigenvalue weighted by Crippen LogP contribution is -2.30. The number of aliphatic hydroxyl groups excluding tert-OH is 2. The number of hydrogen-bond donors (Lipinski definition) is 2. The van der Waals surface area contributed by atoms with Gasteiger partial charge in [-0.1, -0.05) is 81.3 Å². The van der Waals surface area contributed by atoms with Gasteiger partial charge in [0.25, 0.3) is 0 Å². The van der Waals surface area contributed by atoms with Crippen LogP contribution in [0.2, 0.25) is 0 Å². The lowest BCUT2D eigenvalue weighted by molar-refractivity contribution is 0.193. The first kappa shape index (κ1) is 24.6. The van der Waals surface area contributed by atoms with Gasteiger partial charge in [-0.2, -0.15) is 0 Å². The summed E-state index contributed by atoms with van der Waals surface area (Å²) in [6.07, 6.45) is 10.8. The highest BCUT2D eigenvalue weighted by molar-refractivity contribution is 5.56. The predicted molar refractivity (Wildman–Crippen MR) is 130 cm³/mol. The summed E-state index contributed by atoms with van der Waals surface area (Å²) in [7, 11) is 0. The van der Waals surface area contributed by atoms with Gasteiger partial charge in [0.15, 0.2) is 0 Å². The second kappa shape index (κ2) is 12.3. The van der Waals surface area contributed by atoms with Crippen LogP contribution in [0.1, 0.15) is 80.0 Å². The first-order valence-electron chi connectivity index (χ1n) is 12.3. The van der Waals surface area contributed by atoms with Crippen molar-refractivity contribution in [2.45, 2.75) is 77.0 Å². The highest BCUT2D eigenvalue weighted by atomic mass is 16.5. The summed E-state index contributed by atoms with van der Waals surface area (Å²) in [5, 5.41) is 18.9. The van der Waals surface area contributed by atoms with Crippen molar-refractivity contribution in [3.63, 3.8) is 0 Å². The molecule has 2 N–H and O–H groups in total. The van der Waals surface area contributed by atoms with E-state index in [1.54, 1.807) is 0 Å². The first-order chi connectivity index (χ1) is 15.6. The molecule has 1 saturated carbocycles. The zero-order valence-electron chi connectivity index (χ0n) is 19.9. The van der Waals surface area contributed by atoms with Gasteiger partial charge in [0.05, 0.1) is 13.2 Å². The van der Waals surface area contributed by atoms with Crippen LogP contribution in [0, 0.1) is 13.8 Å². The minimum Gasteiger partial charge on any atom is -0.491 e. The summed E-state index contributed by atoms with van der Waals surface area (Å²) in [6, 6.07) is 12.8. The summed E-state index contributed by atoms with van der Waals surface area (Å²) < 4.78 is 12.3. The molecule has 2 aromatic carbocycles. The summed E-state index contributed by atoms with van der Waals surface area (Å²) in [6.45, 7) is 4.74. The number of benzene rings is 2. The van der Waals surface area contributed by atoms with Crippen LogP contribution < -0.4 is 9.47 Å². The van der Waals surface area contributed by atoms with E-state index in [2.05, 4.69) is 50.2 Å². The molecule has 0 saturated heterocycles. The molecule has 4 nitrogen and oxygen atoms in total. The van der Waals surface area contributed by atoms with E-state index in [4.69, 9.17) is 9.47 Å². The van der Waals surface area contributed by atoms with E-state index < -0.39 is 0 Å². The molecule has 0 bridgehead atoms. The van der Waals surface area contributed by atoms with Gasteiger partial charge < -0.3 is 19.7 Å². The minimum atomic E-state index is -0.231. The Kier molecular flexibility index (Phi) is 9.43. The molecule has 0 radical (unpaired) electrons. The van der Waals surface area contributed by atoms with Gasteiger partial charge in [0.2, 0.25) is 0 Å². The Bertz CT molecular complexity index is 776. The van der Waals surface area contributed by atoms with Crippen molar-refractivity contribution >= 4 is 0 Å². The average Bonchev–Trinajstić information content (AvgIpc) is 2.80. The molecular formula is C28H40O4. The molecule has 2 aromatic rings. The van der Waals surface area contributed by atoms with Crippen LogP contribution in [0.5, 0.6) is 11.5 Å². The van der Waals surface area contributed by atoms with Gasteiger partial charge in [-0.25, -0.2) is 0 Å². The summed E-state index contributed by atoms with van der Waals surface area (Å²) in [5.74, 6) is 1.79. The fourth-order valence-corrected chi connectivity index (χ4v) is 5.28. The van der Waals surface area contributed by atoms with Crippen molar-refractivity contribution in [1.82, 2.24) is 0 Å². The Balaban J connectivity index is 2.22. The second-order valence-electron chi connectivity index (χ2n) is 9.10. The summed E-state index contributed by atoms with van der Waals surface area (Å²) in [4.78, 5) is 0. The van der Waals surface area contributed by atoms with Crippen molar-refractivity contribution in [3.8, 4) is 11.5 Å². The van der Waals surface area contributed by atoms with Gasteiger partial charge >= 0.3 is 0 Å². The summed E-state index contributed by atoms with van der Waals surface area (Å²) in [5.41, 5.74) is 4.36. The van der Waals surface area contributed by atoms with Crippen LogP contribution in [-0.4, -0.2) is 36.6 Å². The Labute approximate surface area is 193 Å². The maximum atomic E-state index is 9.46. The van der Waals surface area contributed by atoms with Crippen LogP contribution in [0.25, 0.3) is 0 Å². The number of hydrogen-bond acceptors (Lipinski definition) is 4. The zero-order valence-corrected chi connectivity index (χ0v) is 19.9. The number of aryl methyl sites for hydroxylation is 2. The highest BCUT2D eigenvalue weighted by Gasteiger charge is 2.39. The smallest absolute Gasteiger partial charge is 0.126 e. The molecule has 1 aliphatic carbocycles. The second-order valence-corrected chi connectivity index (χ2v) is 9.10. The SMILES string of the molecule is Cc1cccc(C2(c3cccc(C)c3OCCO)CCCCCCCCC2)c1OCCO. The predicted octanol–water partition coefficient (Wildman–Crippen LogP) is 5.86. The Morgan fingerprint density at radius 2 is 1.06 bits per heavy atom. The normalized spacial score (nSPS) is 17.0. The molecular weight excluding hydrogens is 400 g/mol. The molecule has 3 rings (SSSR count). The molecule has 0 atom stereocenters. The van der Waals surface area contributed by atoms with Crippen LogP contribution in [-0.2, 0) is 5.41 Å². The van der Waals surface area contributed by atoms with E-state index >= 15 is 0 Å². The van der Waals surface area contributed by atoms with Crippen molar-refractivity contribution in [2.75, 3.05) is 26.4 Å². The van der Waals surface area contributed by atoms with Crippen LogP contribution in [0.4, 0.5) is 0 Å². The fraction of sp³-hybridized carbons (Fsp3) is 0.571. The minimum absolute atomic E-state index is 0.00389. The molecule has 176 valence electrons. The Hall–Kier alpha value is -2.04. The zero-order chi connectivity index (χ0) is 22.8. The van der Waals surface area contributed by atoms with Gasteiger partial charge in [-0.15, -0.1) is 0 Å². The number of ether oxygens (including phenoxy) is 2. The van der Waals surface area contributed by atoms with Crippen LogP contribution in [0.15, 0.2) is 36.4 Å². The van der Waals surface area contributed by atoms with E-state index in [0.717, 1.165) is 48.3 Å². The Morgan fingerprint density at radius 1 is 0.656 bits per heavy atom. The largest absolute Gasteiger partial charge is 0.491 e. The molecule has 0 spiro atoms. The molecule has 32 heavy (non-hydrogen) atoms. The number of rotatable bonds is 8. The van der Waals surface area contributed by atoms with Gasteiger partial charge in [-0.3, -0.25) is 0 Å². The molecule has 0 aromatic heterocycles. The molecule has 0 heterocycles. The van der Waals surface area contributed by atoms with Gasteiger partial charge in [0, 0.05) is 16.5 Å². The van der Waals surface area contributed by atoms with E-state index in [-0.39, 0.29) is 31.8 Å². The maximum Gasteiger partial charge on any atom is 0.126 e. The number of aliphatic hydroxyl groups is 2. The van der Waals surface area contributed by atoms with E-state index in [1.165, 1.54) is 43.2 Å². The molecule has 1 fully saturated rings. The quantitative estimate of drug-likeness (QED) is 0.540. The van der Waals surface area contributed by atoms with Gasteiger partial charge in [0.1, 0.15) is 24.7 Å². The lowest BCUT2D eigenvalue weighted by Gasteiger charge is -2.39.